The Morgan fingerprint density at radius 1 is 0.391 bits per heavy atom. The van der Waals surface area contributed by atoms with Crippen molar-refractivity contribution in [1.82, 2.24) is 48.6 Å². The number of phenols is 3. The number of aryl methyl sites for hydroxylation is 2. The van der Waals surface area contributed by atoms with Crippen LogP contribution in [-0.4, -0.2) is 98.2 Å². The van der Waals surface area contributed by atoms with Gasteiger partial charge in [-0.2, -0.15) is 15.0 Å². The molecular weight excluding hydrogens is 1740 g/mol. The zero-order chi connectivity index (χ0) is 91.3. The van der Waals surface area contributed by atoms with Gasteiger partial charge in [0.1, 0.15) is 52.2 Å². The number of halogens is 6. The predicted molar refractivity (Wildman–Crippen MR) is 503 cm³/mol. The van der Waals surface area contributed by atoms with Gasteiger partial charge in [-0.1, -0.05) is 150 Å². The highest BCUT2D eigenvalue weighted by Crippen LogP contribution is 2.38. The third kappa shape index (κ3) is 21.6. The van der Waals surface area contributed by atoms with E-state index in [1.54, 1.807) is 63.4 Å². The number of phenolic OH excluding ortho intramolecular Hbond substituents is 3. The molecule has 34 heteroatoms. The number of pyridine rings is 4. The van der Waals surface area contributed by atoms with Gasteiger partial charge in [0, 0.05) is 94.0 Å². The van der Waals surface area contributed by atoms with Gasteiger partial charge in [0.2, 0.25) is 17.8 Å². The molecule has 3 atom stereocenters. The zero-order valence-corrected chi connectivity index (χ0v) is 71.9. The van der Waals surface area contributed by atoms with Gasteiger partial charge in [0.15, 0.2) is 0 Å². The maximum absolute atomic E-state index is 14.4. The molecule has 0 saturated carbocycles. The minimum absolute atomic E-state index is 0.0137. The van der Waals surface area contributed by atoms with E-state index >= 15 is 0 Å². The van der Waals surface area contributed by atoms with Crippen molar-refractivity contribution in [2.45, 2.75) is 52.7 Å². The van der Waals surface area contributed by atoms with Crippen LogP contribution in [0.5, 0.6) is 17.2 Å². The SMILES string of the molecule is C[C@H](Nc1nc(N)ncc1-c1cc(O)cc(F)c1)c1cc2cccc(Cl)c2c(=O)n1-c1ccccc1.C[C@H](Nc1nc(N)ncc1Br)c1cc2cccc(Cl)c2c(=O)n1-c1ccccc1.Cc1cc(B(O)O)ccn1.Cc1cccc(-c2cccc3cc([C@H](C)Nc4nc(N)ncc4-c4cc(O)cc(F)c4)n(-c4ccccc4)c(=O)c23)c1.OB(O)c1cc(O)cc(F)c1. The Morgan fingerprint density at radius 3 is 1.18 bits per heavy atom. The molecule has 644 valence electrons. The van der Waals surface area contributed by atoms with Crippen molar-refractivity contribution < 1.29 is 48.6 Å². The maximum Gasteiger partial charge on any atom is 0.488 e. The van der Waals surface area contributed by atoms with Crippen LogP contribution in [0, 0.1) is 31.3 Å². The number of nitrogens with one attached hydrogen (secondary N) is 3. The van der Waals surface area contributed by atoms with Crippen molar-refractivity contribution in [3.63, 3.8) is 0 Å². The summed E-state index contributed by atoms with van der Waals surface area (Å²) in [5, 5.41) is 77.7. The van der Waals surface area contributed by atoms with Gasteiger partial charge in [-0.25, -0.2) is 28.1 Å². The van der Waals surface area contributed by atoms with E-state index in [4.69, 9.17) is 65.6 Å². The molecule has 16 N–H and O–H groups in total. The van der Waals surface area contributed by atoms with E-state index in [-0.39, 0.29) is 63.3 Å². The van der Waals surface area contributed by atoms with Crippen LogP contribution in [-0.2, 0) is 0 Å². The summed E-state index contributed by atoms with van der Waals surface area (Å²) in [6, 6.07) is 71.1. The van der Waals surface area contributed by atoms with Crippen LogP contribution in [0.25, 0.3) is 82.8 Å². The Morgan fingerprint density at radius 2 is 0.773 bits per heavy atom. The number of fused-ring (bicyclic) bond motifs is 3. The van der Waals surface area contributed by atoms with Crippen molar-refractivity contribution in [1.29, 1.82) is 0 Å². The van der Waals surface area contributed by atoms with Crippen molar-refractivity contribution >= 4 is 132 Å². The second-order valence-corrected chi connectivity index (χ2v) is 31.0. The number of benzene rings is 10. The molecule has 0 unspecified atom stereocenters. The molecule has 0 spiro atoms. The number of aromatic nitrogens is 10. The van der Waals surface area contributed by atoms with Gasteiger partial charge in [-0.15, -0.1) is 0 Å². The fourth-order valence-corrected chi connectivity index (χ4v) is 15.1. The van der Waals surface area contributed by atoms with Crippen LogP contribution in [0.2, 0.25) is 10.0 Å². The molecule has 0 aliphatic carbocycles. The van der Waals surface area contributed by atoms with E-state index in [1.807, 2.05) is 191 Å². The molecule has 7 heterocycles. The molecule has 0 aliphatic rings. The van der Waals surface area contributed by atoms with Crippen molar-refractivity contribution in [3.8, 4) is 67.7 Å². The largest absolute Gasteiger partial charge is 0.508 e. The Balaban J connectivity index is 0.000000148. The summed E-state index contributed by atoms with van der Waals surface area (Å²) < 4.78 is 46.3. The predicted octanol–water partition coefficient (Wildman–Crippen LogP) is 16.0. The lowest BCUT2D eigenvalue weighted by Crippen LogP contribution is -2.29. The smallest absolute Gasteiger partial charge is 0.488 e. The van der Waals surface area contributed by atoms with Crippen molar-refractivity contribution in [2.75, 3.05) is 33.2 Å². The van der Waals surface area contributed by atoms with Crippen LogP contribution in [0.4, 0.5) is 48.5 Å². The van der Waals surface area contributed by atoms with Gasteiger partial charge < -0.3 is 68.6 Å². The Kier molecular flexibility index (Phi) is 28.8. The minimum Gasteiger partial charge on any atom is -0.508 e. The van der Waals surface area contributed by atoms with Crippen LogP contribution < -0.4 is 60.8 Å². The number of para-hydroxylation sites is 3. The summed E-state index contributed by atoms with van der Waals surface area (Å²) in [6.45, 7) is 9.56. The van der Waals surface area contributed by atoms with E-state index in [9.17, 15) is 37.8 Å². The van der Waals surface area contributed by atoms with Gasteiger partial charge in [-0.3, -0.25) is 33.1 Å². The number of rotatable bonds is 17. The van der Waals surface area contributed by atoms with E-state index in [2.05, 4.69) is 72.8 Å². The number of hydrogen-bond donors (Lipinski definition) is 13. The van der Waals surface area contributed by atoms with Gasteiger partial charge in [-0.05, 0) is 215 Å². The molecule has 0 bridgehead atoms. The Hall–Kier alpha value is -14.8. The topological polar surface area (TPSA) is 412 Å². The first-order valence-electron chi connectivity index (χ1n) is 39.4. The number of nitrogens with zero attached hydrogens (tertiary/aromatic N) is 10. The third-order valence-electron chi connectivity index (χ3n) is 20.1. The summed E-state index contributed by atoms with van der Waals surface area (Å²) in [5.74, 6) is -1.29. The molecule has 17 rings (SSSR count). The first kappa shape index (κ1) is 91.0. The fraction of sp³-hybridized carbons (Fsp3) is 0.0851. The lowest BCUT2D eigenvalue weighted by atomic mass is 9.80. The van der Waals surface area contributed by atoms with E-state index in [0.29, 0.717) is 104 Å². The number of anilines is 6. The summed E-state index contributed by atoms with van der Waals surface area (Å²) in [4.78, 5) is 70.5. The zero-order valence-electron chi connectivity index (χ0n) is 68.8. The molecule has 0 aliphatic heterocycles. The average Bonchev–Trinajstić information content (AvgIpc) is 0.757. The fourth-order valence-electron chi connectivity index (χ4n) is 14.3. The summed E-state index contributed by atoms with van der Waals surface area (Å²) in [6.07, 6.45) is 6.06. The highest BCUT2D eigenvalue weighted by Gasteiger charge is 2.26. The monoisotopic (exact) mass is 1820 g/mol. The molecule has 128 heavy (non-hydrogen) atoms. The van der Waals surface area contributed by atoms with E-state index in [1.165, 1.54) is 36.7 Å². The lowest BCUT2D eigenvalue weighted by molar-refractivity contribution is 0.423. The second kappa shape index (κ2) is 40.5. The third-order valence-corrected chi connectivity index (χ3v) is 21.3. The summed E-state index contributed by atoms with van der Waals surface area (Å²) >= 11 is 16.2. The molecular formula is C94H80B2BrCl2F3N16O10. The highest BCUT2D eigenvalue weighted by molar-refractivity contribution is 9.10. The van der Waals surface area contributed by atoms with Crippen LogP contribution in [0.3, 0.4) is 0 Å². The normalized spacial score (nSPS) is 11.6. The number of nitrogens with two attached hydrogens (primary N) is 3. The van der Waals surface area contributed by atoms with Crippen LogP contribution in [0.1, 0.15) is 67.2 Å². The number of hydrogen-bond acceptors (Lipinski definition) is 23. The van der Waals surface area contributed by atoms with Crippen LogP contribution >= 0.6 is 39.1 Å². The standard InChI is InChI=1S/C34H28FN5O2.C27H21ClFN5O2.C21H17BrClN5O.C6H6BFO3.C6H8BNO2/c1-20-8-6-9-22(14-20)28-13-7-10-23-17-30(40(33(42)31(23)28)26-11-4-3-5-12-26)21(2)38-32-29(19-37-34(36)39-32)24-15-25(35)18-27(41)16-24;1-15(32-25-21(14-31-27(30)33-25)17-10-18(29)13-20(35)11-17)23-12-16-6-5-9-22(28)24(16)26(36)34(23)19-7-3-2-4-8-19;1-12(26-19-15(22)11-25-21(24)27-19)17-10-13-6-5-9-16(23)18(13)20(29)28(17)14-7-3-2-4-8-14;8-5-1-4(7(10)11)2-6(9)3-5;1-5-4-6(7(9)10)2-3-8-5/h3-19,21,41H,1-2H3,(H3,36,37,38,39);2-15,35H,1H3,(H3,30,31,32,33);2-12H,1H3,(H3,24,25,26,27);1-3,9-11H;2-4,9-10H,1H3/t21-;15-;12-;;/m000../s1. The number of aromatic hydroxyl groups is 3. The van der Waals surface area contributed by atoms with Gasteiger partial charge in [0.25, 0.3) is 16.7 Å². The number of nitrogen functional groups attached to an aromatic ring is 3. The quantitative estimate of drug-likeness (QED) is 0.0377. The van der Waals surface area contributed by atoms with Crippen LogP contribution in [0.15, 0.2) is 298 Å². The molecule has 26 nitrogen and oxygen atoms in total. The first-order chi connectivity index (χ1) is 61.3. The molecule has 0 saturated heterocycles. The molecule has 7 aromatic heterocycles. The second-order valence-electron chi connectivity index (χ2n) is 29.3. The maximum atomic E-state index is 14.4. The van der Waals surface area contributed by atoms with Crippen molar-refractivity contribution in [2.24, 2.45) is 0 Å². The Bertz CT molecular complexity index is 7090. The highest BCUT2D eigenvalue weighted by atomic mass is 79.9. The summed E-state index contributed by atoms with van der Waals surface area (Å²) in [7, 11) is -3.14. The first-order valence-corrected chi connectivity index (χ1v) is 41.0. The molecule has 10 aromatic carbocycles. The molecule has 0 radical (unpaired) electrons. The van der Waals surface area contributed by atoms with Crippen molar-refractivity contribution in [3.05, 3.63) is 371 Å². The van der Waals surface area contributed by atoms with Gasteiger partial charge in [0.05, 0.1) is 48.8 Å². The average molecular weight is 1820 g/mol. The Labute approximate surface area is 748 Å². The van der Waals surface area contributed by atoms with E-state index in [0.717, 1.165) is 74.9 Å². The lowest BCUT2D eigenvalue weighted by Gasteiger charge is -2.23. The molecule has 0 fully saturated rings. The molecule has 17 aromatic rings. The van der Waals surface area contributed by atoms with E-state index < -0.39 is 43.8 Å². The summed E-state index contributed by atoms with van der Waals surface area (Å²) in [5.41, 5.74) is 26.9. The minimum atomic E-state index is -1.75. The molecule has 0 amide bonds. The van der Waals surface area contributed by atoms with Gasteiger partial charge >= 0.3 is 14.2 Å².